The maximum absolute atomic E-state index is 11.1. The summed E-state index contributed by atoms with van der Waals surface area (Å²) in [6.07, 6.45) is 3.56. The molecule has 64 valence electrons. The second kappa shape index (κ2) is 2.56. The lowest BCUT2D eigenvalue weighted by Crippen LogP contribution is -2.15. The van der Waals surface area contributed by atoms with Gasteiger partial charge in [0, 0.05) is 6.42 Å². The number of aliphatic hydroxyl groups is 1. The summed E-state index contributed by atoms with van der Waals surface area (Å²) in [5.41, 5.74) is 3.25. The van der Waals surface area contributed by atoms with Crippen LogP contribution in [0, 0.1) is 0 Å². The summed E-state index contributed by atoms with van der Waals surface area (Å²) in [6, 6.07) is 0. The van der Waals surface area contributed by atoms with Gasteiger partial charge >= 0.3 is 0 Å². The summed E-state index contributed by atoms with van der Waals surface area (Å²) < 4.78 is 0. The van der Waals surface area contributed by atoms with E-state index in [4.69, 9.17) is 0 Å². The van der Waals surface area contributed by atoms with E-state index < -0.39 is 0 Å². The first-order valence-electron chi connectivity index (χ1n) is 4.30. The first-order chi connectivity index (χ1) is 5.68. The van der Waals surface area contributed by atoms with Crippen molar-refractivity contribution in [3.8, 4) is 0 Å². The van der Waals surface area contributed by atoms with Crippen LogP contribution < -0.4 is 0 Å². The summed E-state index contributed by atoms with van der Waals surface area (Å²) in [7, 11) is 0. The van der Waals surface area contributed by atoms with E-state index in [-0.39, 0.29) is 11.9 Å². The molecule has 0 unspecified atom stereocenters. The lowest BCUT2D eigenvalue weighted by Gasteiger charge is -2.21. The Hall–Kier alpha value is -0.890. The number of rotatable bonds is 0. The molecule has 0 aromatic rings. The van der Waals surface area contributed by atoms with Crippen LogP contribution in [0.25, 0.3) is 0 Å². The molecule has 0 spiro atoms. The maximum Gasteiger partial charge on any atom is 0.160 e. The lowest BCUT2D eigenvalue weighted by molar-refractivity contribution is -0.113. The van der Waals surface area contributed by atoms with Gasteiger partial charge in [0.1, 0.15) is 0 Å². The molecule has 2 heteroatoms. The summed E-state index contributed by atoms with van der Waals surface area (Å²) in [6.45, 7) is 1.92. The van der Waals surface area contributed by atoms with Crippen LogP contribution in [0.4, 0.5) is 0 Å². The number of carbonyl (C=O) groups excluding carboxylic acids is 1. The van der Waals surface area contributed by atoms with Crippen LogP contribution in [0.15, 0.2) is 22.8 Å². The molecular formula is C10H12O2. The molecule has 12 heavy (non-hydrogen) atoms. The Morgan fingerprint density at radius 3 is 3.08 bits per heavy atom. The van der Waals surface area contributed by atoms with E-state index in [1.165, 1.54) is 0 Å². The van der Waals surface area contributed by atoms with Crippen molar-refractivity contribution in [1.29, 1.82) is 0 Å². The molecule has 0 aromatic heterocycles. The van der Waals surface area contributed by atoms with Crippen LogP contribution in [-0.2, 0) is 4.79 Å². The fourth-order valence-corrected chi connectivity index (χ4v) is 1.95. The van der Waals surface area contributed by atoms with E-state index in [0.717, 1.165) is 29.6 Å². The Kier molecular flexibility index (Phi) is 1.65. The average molecular weight is 164 g/mol. The van der Waals surface area contributed by atoms with Gasteiger partial charge < -0.3 is 5.11 Å². The predicted molar refractivity (Wildman–Crippen MR) is 45.6 cm³/mol. The van der Waals surface area contributed by atoms with Gasteiger partial charge in [-0.05, 0) is 42.6 Å². The third kappa shape index (κ3) is 1.03. The molecule has 0 radical (unpaired) electrons. The van der Waals surface area contributed by atoms with Gasteiger partial charge in [-0.2, -0.15) is 0 Å². The van der Waals surface area contributed by atoms with Crippen LogP contribution >= 0.6 is 0 Å². The number of fused-ring (bicyclic) bond motifs is 1. The summed E-state index contributed by atoms with van der Waals surface area (Å²) >= 11 is 0. The third-order valence-corrected chi connectivity index (χ3v) is 2.74. The second-order valence-electron chi connectivity index (χ2n) is 3.53. The molecule has 2 aliphatic carbocycles. The van der Waals surface area contributed by atoms with Crippen molar-refractivity contribution in [2.45, 2.75) is 32.3 Å². The molecule has 0 bridgehead atoms. The Balaban J connectivity index is 2.43. The number of allylic oxidation sites excluding steroid dienone is 3. The number of hydrogen-bond acceptors (Lipinski definition) is 2. The predicted octanol–water partition coefficient (Wildman–Crippen LogP) is 1.36. The van der Waals surface area contributed by atoms with E-state index in [0.29, 0.717) is 6.42 Å². The first-order valence-corrected chi connectivity index (χ1v) is 4.30. The second-order valence-corrected chi connectivity index (χ2v) is 3.53. The Labute approximate surface area is 71.6 Å². The smallest absolute Gasteiger partial charge is 0.160 e. The molecule has 1 atom stereocenters. The molecule has 2 nitrogen and oxygen atoms in total. The van der Waals surface area contributed by atoms with Crippen molar-refractivity contribution in [3.63, 3.8) is 0 Å². The fourth-order valence-electron chi connectivity index (χ4n) is 1.95. The van der Waals surface area contributed by atoms with E-state index in [1.807, 2.05) is 6.92 Å². The highest BCUT2D eigenvalue weighted by molar-refractivity contribution is 5.97. The summed E-state index contributed by atoms with van der Waals surface area (Å²) in [4.78, 5) is 11.1. The van der Waals surface area contributed by atoms with Crippen LogP contribution in [0.1, 0.15) is 26.2 Å². The average Bonchev–Trinajstić information content (AvgIpc) is 2.39. The van der Waals surface area contributed by atoms with E-state index in [2.05, 4.69) is 0 Å². The standard InChI is InChI=1S/C10H12O2/c1-6-9-5-8(11)4-7(9)2-3-10(6)12/h4,10,12H,2-3,5H2,1H3/t10-/m0/s1. The van der Waals surface area contributed by atoms with Gasteiger partial charge in [-0.3, -0.25) is 4.79 Å². The van der Waals surface area contributed by atoms with Crippen LogP contribution in [0.2, 0.25) is 0 Å². The Morgan fingerprint density at radius 2 is 2.33 bits per heavy atom. The van der Waals surface area contributed by atoms with Gasteiger partial charge in [0.05, 0.1) is 6.10 Å². The van der Waals surface area contributed by atoms with E-state index >= 15 is 0 Å². The van der Waals surface area contributed by atoms with E-state index in [1.54, 1.807) is 6.08 Å². The quantitative estimate of drug-likeness (QED) is 0.587. The minimum Gasteiger partial charge on any atom is -0.389 e. The monoisotopic (exact) mass is 164 g/mol. The minimum absolute atomic E-state index is 0.188. The van der Waals surface area contributed by atoms with Gasteiger partial charge in [0.25, 0.3) is 0 Å². The highest BCUT2D eigenvalue weighted by atomic mass is 16.3. The van der Waals surface area contributed by atoms with Crippen molar-refractivity contribution in [2.24, 2.45) is 0 Å². The molecule has 1 N–H and O–H groups in total. The first kappa shape index (κ1) is 7.74. The zero-order chi connectivity index (χ0) is 8.72. The van der Waals surface area contributed by atoms with Crippen LogP contribution in [0.5, 0.6) is 0 Å². The van der Waals surface area contributed by atoms with Crippen molar-refractivity contribution >= 4 is 5.78 Å². The van der Waals surface area contributed by atoms with Crippen LogP contribution in [-0.4, -0.2) is 17.0 Å². The molecule has 0 aromatic carbocycles. The lowest BCUT2D eigenvalue weighted by atomic mass is 9.88. The van der Waals surface area contributed by atoms with Crippen molar-refractivity contribution in [3.05, 3.63) is 22.8 Å². The maximum atomic E-state index is 11.1. The van der Waals surface area contributed by atoms with Gasteiger partial charge in [-0.15, -0.1) is 0 Å². The van der Waals surface area contributed by atoms with Gasteiger partial charge in [-0.1, -0.05) is 0 Å². The minimum atomic E-state index is -0.317. The van der Waals surface area contributed by atoms with Gasteiger partial charge in [0.15, 0.2) is 5.78 Å². The summed E-state index contributed by atoms with van der Waals surface area (Å²) in [5, 5.41) is 9.51. The number of hydrogen-bond donors (Lipinski definition) is 1. The molecule has 2 aliphatic rings. The fraction of sp³-hybridized carbons (Fsp3) is 0.500. The van der Waals surface area contributed by atoms with Crippen molar-refractivity contribution in [2.75, 3.05) is 0 Å². The highest BCUT2D eigenvalue weighted by Crippen LogP contribution is 2.35. The van der Waals surface area contributed by atoms with Crippen molar-refractivity contribution in [1.82, 2.24) is 0 Å². The molecule has 0 amide bonds. The molecule has 0 aliphatic heterocycles. The Bertz CT molecular complexity index is 297. The Morgan fingerprint density at radius 1 is 1.58 bits per heavy atom. The number of carbonyl (C=O) groups is 1. The zero-order valence-corrected chi connectivity index (χ0v) is 7.13. The summed E-state index contributed by atoms with van der Waals surface area (Å²) in [5.74, 6) is 0.188. The normalized spacial score (nSPS) is 29.0. The topological polar surface area (TPSA) is 37.3 Å². The zero-order valence-electron chi connectivity index (χ0n) is 7.13. The largest absolute Gasteiger partial charge is 0.389 e. The molecule has 0 heterocycles. The van der Waals surface area contributed by atoms with Crippen LogP contribution in [0.3, 0.4) is 0 Å². The molecule has 0 saturated carbocycles. The highest BCUT2D eigenvalue weighted by Gasteiger charge is 2.26. The van der Waals surface area contributed by atoms with Gasteiger partial charge in [0.2, 0.25) is 0 Å². The molecule has 2 rings (SSSR count). The van der Waals surface area contributed by atoms with Crippen molar-refractivity contribution < 1.29 is 9.90 Å². The molecular weight excluding hydrogens is 152 g/mol. The number of ketones is 1. The SMILES string of the molecule is CC1=C2CC(=O)C=C2CC[C@@H]1O. The number of aliphatic hydroxyl groups excluding tert-OH is 1. The van der Waals surface area contributed by atoms with Gasteiger partial charge in [-0.25, -0.2) is 0 Å². The third-order valence-electron chi connectivity index (χ3n) is 2.74. The van der Waals surface area contributed by atoms with E-state index in [9.17, 15) is 9.90 Å². The molecule has 0 fully saturated rings. The molecule has 0 saturated heterocycles.